The van der Waals surface area contributed by atoms with E-state index in [1.165, 1.54) is 9.78 Å². The lowest BCUT2D eigenvalue weighted by Gasteiger charge is -2.35. The highest BCUT2D eigenvalue weighted by atomic mass is 32.2. The maximum Gasteiger partial charge on any atom is 0.211 e. The minimum atomic E-state index is -3.17. The molecule has 2 atom stereocenters. The first kappa shape index (κ1) is 16.9. The summed E-state index contributed by atoms with van der Waals surface area (Å²) in [5.74, 6) is 0.136. The quantitative estimate of drug-likeness (QED) is 0.595. The highest BCUT2D eigenvalue weighted by Crippen LogP contribution is 2.20. The first-order chi connectivity index (χ1) is 9.93. The molecule has 21 heavy (non-hydrogen) atoms. The molecule has 1 aromatic heterocycles. The SMILES string of the molecule is CCS(=O)(=O)NC(C)C(c1cccs1)[NH+]1CC[NH+](C)CC1. The molecule has 1 fully saturated rings. The molecule has 0 amide bonds. The number of thiophene rings is 1. The summed E-state index contributed by atoms with van der Waals surface area (Å²) >= 11 is 1.72. The van der Waals surface area contributed by atoms with Crippen molar-refractivity contribution in [3.05, 3.63) is 22.4 Å². The van der Waals surface area contributed by atoms with Crippen molar-refractivity contribution in [1.29, 1.82) is 0 Å². The van der Waals surface area contributed by atoms with Crippen molar-refractivity contribution < 1.29 is 18.2 Å². The van der Waals surface area contributed by atoms with Crippen molar-refractivity contribution in [3.63, 3.8) is 0 Å². The molecule has 120 valence electrons. The Balaban J connectivity index is 2.17. The highest BCUT2D eigenvalue weighted by Gasteiger charge is 2.35. The molecule has 2 unspecified atom stereocenters. The number of likely N-dealkylation sites (N-methyl/N-ethyl adjacent to an activating group) is 1. The summed E-state index contributed by atoms with van der Waals surface area (Å²) in [4.78, 5) is 4.33. The first-order valence-electron chi connectivity index (χ1n) is 7.62. The Morgan fingerprint density at radius 1 is 1.33 bits per heavy atom. The van der Waals surface area contributed by atoms with E-state index in [9.17, 15) is 8.42 Å². The van der Waals surface area contributed by atoms with Gasteiger partial charge in [-0.2, -0.15) is 0 Å². The molecule has 0 aromatic carbocycles. The first-order valence-corrected chi connectivity index (χ1v) is 10.2. The number of sulfonamides is 1. The average Bonchev–Trinajstić information content (AvgIpc) is 2.94. The Kier molecular flexibility index (Phi) is 5.79. The predicted octanol–water partition coefficient (Wildman–Crippen LogP) is -1.47. The van der Waals surface area contributed by atoms with E-state index >= 15 is 0 Å². The molecule has 1 aliphatic heterocycles. The molecule has 0 saturated carbocycles. The van der Waals surface area contributed by atoms with Crippen LogP contribution in [0.25, 0.3) is 0 Å². The molecule has 2 heterocycles. The van der Waals surface area contributed by atoms with Crippen LogP contribution in [-0.4, -0.2) is 53.4 Å². The third-order valence-corrected chi connectivity index (χ3v) is 6.73. The lowest BCUT2D eigenvalue weighted by Crippen LogP contribution is -3.27. The summed E-state index contributed by atoms with van der Waals surface area (Å²) in [5.41, 5.74) is 0. The van der Waals surface area contributed by atoms with E-state index in [1.54, 1.807) is 23.2 Å². The number of hydrogen-bond donors (Lipinski definition) is 3. The van der Waals surface area contributed by atoms with E-state index in [0.717, 1.165) is 26.2 Å². The van der Waals surface area contributed by atoms with Crippen molar-refractivity contribution in [2.75, 3.05) is 39.0 Å². The van der Waals surface area contributed by atoms with Gasteiger partial charge in [0.1, 0.15) is 32.2 Å². The molecular weight excluding hydrogens is 306 g/mol. The zero-order valence-corrected chi connectivity index (χ0v) is 14.7. The van der Waals surface area contributed by atoms with Crippen LogP contribution in [0, 0.1) is 0 Å². The minimum absolute atomic E-state index is 0.0815. The van der Waals surface area contributed by atoms with Crippen LogP contribution in [0.4, 0.5) is 0 Å². The topological polar surface area (TPSA) is 55.0 Å². The van der Waals surface area contributed by atoms with Gasteiger partial charge in [0.25, 0.3) is 0 Å². The van der Waals surface area contributed by atoms with Gasteiger partial charge in [-0.05, 0) is 25.3 Å². The van der Waals surface area contributed by atoms with Crippen molar-refractivity contribution >= 4 is 21.4 Å². The largest absolute Gasteiger partial charge is 0.328 e. The summed E-state index contributed by atoms with van der Waals surface area (Å²) in [6.07, 6.45) is 0. The molecule has 1 saturated heterocycles. The standard InChI is InChI=1S/C14H25N3O2S2/c1-4-21(18,19)15-12(2)14(13-6-5-11-20-13)17-9-7-16(3)8-10-17/h5-6,11-12,14-15H,4,7-10H2,1-3H3/p+2. The van der Waals surface area contributed by atoms with Crippen LogP contribution in [0.2, 0.25) is 0 Å². The van der Waals surface area contributed by atoms with Crippen LogP contribution in [0.5, 0.6) is 0 Å². The normalized spacial score (nSPS) is 26.4. The smallest absolute Gasteiger partial charge is 0.211 e. The Hall–Kier alpha value is -0.470. The molecule has 3 N–H and O–H groups in total. The van der Waals surface area contributed by atoms with E-state index < -0.39 is 10.0 Å². The second-order valence-corrected chi connectivity index (χ2v) is 8.94. The highest BCUT2D eigenvalue weighted by molar-refractivity contribution is 7.89. The summed E-state index contributed by atoms with van der Waals surface area (Å²) in [6.45, 7) is 8.14. The van der Waals surface area contributed by atoms with E-state index in [1.807, 2.05) is 6.92 Å². The summed E-state index contributed by atoms with van der Waals surface area (Å²) < 4.78 is 26.6. The van der Waals surface area contributed by atoms with Gasteiger partial charge in [-0.1, -0.05) is 6.07 Å². The van der Waals surface area contributed by atoms with Crippen LogP contribution in [0.3, 0.4) is 0 Å². The van der Waals surface area contributed by atoms with Gasteiger partial charge >= 0.3 is 0 Å². The molecule has 0 bridgehead atoms. The van der Waals surface area contributed by atoms with Crippen molar-refractivity contribution in [2.24, 2.45) is 0 Å². The van der Waals surface area contributed by atoms with Crippen molar-refractivity contribution in [3.8, 4) is 0 Å². The average molecular weight is 334 g/mol. The van der Waals surface area contributed by atoms with Gasteiger partial charge in [0, 0.05) is 0 Å². The number of quaternary nitrogens is 2. The van der Waals surface area contributed by atoms with E-state index in [2.05, 4.69) is 29.3 Å². The third kappa shape index (κ3) is 4.50. The zero-order chi connectivity index (χ0) is 15.5. The summed E-state index contributed by atoms with van der Waals surface area (Å²) in [5, 5.41) is 2.07. The molecule has 2 rings (SSSR count). The minimum Gasteiger partial charge on any atom is -0.328 e. The second kappa shape index (κ2) is 7.19. The Labute approximate surface area is 132 Å². The molecule has 0 radical (unpaired) electrons. The number of rotatable bonds is 6. The van der Waals surface area contributed by atoms with Gasteiger partial charge in [0.05, 0.1) is 23.7 Å². The number of hydrogen-bond acceptors (Lipinski definition) is 3. The molecular formula is C14H27N3O2S2+2. The van der Waals surface area contributed by atoms with E-state index in [0.29, 0.717) is 0 Å². The molecule has 0 aliphatic carbocycles. The van der Waals surface area contributed by atoms with Gasteiger partial charge in [-0.3, -0.25) is 0 Å². The van der Waals surface area contributed by atoms with E-state index in [4.69, 9.17) is 0 Å². The fraction of sp³-hybridized carbons (Fsp3) is 0.714. The van der Waals surface area contributed by atoms with Crippen LogP contribution in [0.1, 0.15) is 24.8 Å². The van der Waals surface area contributed by atoms with Crippen LogP contribution in [-0.2, 0) is 10.0 Å². The van der Waals surface area contributed by atoms with E-state index in [-0.39, 0.29) is 17.8 Å². The Morgan fingerprint density at radius 2 is 2.00 bits per heavy atom. The second-order valence-electron chi connectivity index (χ2n) is 5.92. The molecule has 1 aromatic rings. The monoisotopic (exact) mass is 333 g/mol. The Bertz CT molecular complexity index is 522. The maximum absolute atomic E-state index is 11.9. The lowest BCUT2D eigenvalue weighted by molar-refractivity contribution is -1.02. The predicted molar refractivity (Wildman–Crippen MR) is 86.4 cm³/mol. The zero-order valence-electron chi connectivity index (χ0n) is 13.1. The third-order valence-electron chi connectivity index (χ3n) is 4.28. The van der Waals surface area contributed by atoms with Crippen LogP contribution in [0.15, 0.2) is 17.5 Å². The lowest BCUT2D eigenvalue weighted by atomic mass is 10.1. The summed E-state index contributed by atoms with van der Waals surface area (Å²) in [6, 6.07) is 4.31. The fourth-order valence-electron chi connectivity index (χ4n) is 3.01. The van der Waals surface area contributed by atoms with Crippen molar-refractivity contribution in [2.45, 2.75) is 25.9 Å². The van der Waals surface area contributed by atoms with Crippen LogP contribution >= 0.6 is 11.3 Å². The van der Waals surface area contributed by atoms with Gasteiger partial charge in [-0.15, -0.1) is 11.3 Å². The maximum atomic E-state index is 11.9. The number of piperazine rings is 1. The molecule has 5 nitrogen and oxygen atoms in total. The van der Waals surface area contributed by atoms with Gasteiger partial charge in [-0.25, -0.2) is 13.1 Å². The van der Waals surface area contributed by atoms with Crippen LogP contribution < -0.4 is 14.5 Å². The van der Waals surface area contributed by atoms with Gasteiger partial charge in [0.2, 0.25) is 10.0 Å². The molecule has 7 heteroatoms. The fourth-order valence-corrected chi connectivity index (χ4v) is 4.87. The van der Waals surface area contributed by atoms with Gasteiger partial charge < -0.3 is 9.80 Å². The van der Waals surface area contributed by atoms with Crippen molar-refractivity contribution in [1.82, 2.24) is 4.72 Å². The molecule has 1 aliphatic rings. The molecule has 0 spiro atoms. The summed E-state index contributed by atoms with van der Waals surface area (Å²) in [7, 11) is -0.946. The number of nitrogens with one attached hydrogen (secondary N) is 3. The van der Waals surface area contributed by atoms with Gasteiger partial charge in [0.15, 0.2) is 0 Å². The Morgan fingerprint density at radius 3 is 2.52 bits per heavy atom.